The number of benzene rings is 4. The minimum Gasteiger partial charge on any atom is -0.341 e. The van der Waals surface area contributed by atoms with E-state index in [4.69, 9.17) is 0 Å². The normalized spacial score (nSPS) is 13.3. The smallest absolute Gasteiger partial charge is 0.0725 e. The Labute approximate surface area is 245 Å². The third kappa shape index (κ3) is 3.52. The first kappa shape index (κ1) is 24.2. The first-order valence-electron chi connectivity index (χ1n) is 14.0. The van der Waals surface area contributed by atoms with E-state index in [-0.39, 0.29) is 0 Å². The van der Waals surface area contributed by atoms with Crippen LogP contribution in [0.1, 0.15) is 0 Å². The van der Waals surface area contributed by atoms with Gasteiger partial charge in [0.2, 0.25) is 0 Å². The molecule has 4 aromatic carbocycles. The Bertz CT molecular complexity index is 1730. The van der Waals surface area contributed by atoms with E-state index in [0.717, 1.165) is 68.0 Å². The molecule has 42 heavy (non-hydrogen) atoms. The molecule has 0 bridgehead atoms. The van der Waals surface area contributed by atoms with Gasteiger partial charge in [-0.25, -0.2) is 0 Å². The van der Waals surface area contributed by atoms with Crippen LogP contribution in [-0.4, -0.2) is 24.1 Å². The molecule has 8 rings (SSSR count). The summed E-state index contributed by atoms with van der Waals surface area (Å²) in [5, 5.41) is 0. The van der Waals surface area contributed by atoms with E-state index in [9.17, 15) is 0 Å². The summed E-state index contributed by atoms with van der Waals surface area (Å²) >= 11 is 0. The molecule has 6 aromatic rings. The molecule has 0 atom stereocenters. The van der Waals surface area contributed by atoms with E-state index in [1.54, 1.807) is 0 Å². The first-order chi connectivity index (χ1) is 20.7. The van der Waals surface area contributed by atoms with Crippen LogP contribution in [0.15, 0.2) is 134 Å². The van der Waals surface area contributed by atoms with Gasteiger partial charge in [0.25, 0.3) is 0 Å². The van der Waals surface area contributed by atoms with E-state index < -0.39 is 0 Å². The highest BCUT2D eigenvalue weighted by atomic mass is 15.3. The molecule has 0 amide bonds. The fourth-order valence-corrected chi connectivity index (χ4v) is 6.37. The van der Waals surface area contributed by atoms with Crippen molar-refractivity contribution in [3.63, 3.8) is 0 Å². The van der Waals surface area contributed by atoms with Crippen LogP contribution in [0.25, 0.3) is 11.1 Å². The highest BCUT2D eigenvalue weighted by Crippen LogP contribution is 2.55. The van der Waals surface area contributed by atoms with Crippen LogP contribution in [0.4, 0.5) is 56.9 Å². The summed E-state index contributed by atoms with van der Waals surface area (Å²) in [7, 11) is 4.25. The van der Waals surface area contributed by atoms with Crippen molar-refractivity contribution in [3.05, 3.63) is 134 Å². The lowest BCUT2D eigenvalue weighted by molar-refractivity contribution is 1.11. The Hall–Kier alpha value is -5.62. The van der Waals surface area contributed by atoms with Crippen molar-refractivity contribution < 1.29 is 0 Å². The van der Waals surface area contributed by atoms with Crippen LogP contribution in [0.2, 0.25) is 0 Å². The molecule has 0 saturated carbocycles. The van der Waals surface area contributed by atoms with Gasteiger partial charge in [-0.2, -0.15) is 0 Å². The minimum atomic E-state index is 1.01. The van der Waals surface area contributed by atoms with Crippen LogP contribution in [0.3, 0.4) is 0 Å². The largest absolute Gasteiger partial charge is 0.341 e. The monoisotopic (exact) mass is 544 g/mol. The molecule has 0 spiro atoms. The average Bonchev–Trinajstić information content (AvgIpc) is 3.06. The second-order valence-electron chi connectivity index (χ2n) is 10.5. The van der Waals surface area contributed by atoms with Crippen LogP contribution in [0, 0.1) is 0 Å². The summed E-state index contributed by atoms with van der Waals surface area (Å²) in [4.78, 5) is 18.5. The lowest BCUT2D eigenvalue weighted by atomic mass is 9.99. The SMILES string of the molecule is CN1c2ccccc2N(c2cnccc2-c2ccncc2N2c3ccccc3N(C)c3ccccc32)c2ccccc21. The Morgan fingerprint density at radius 1 is 0.357 bits per heavy atom. The van der Waals surface area contributed by atoms with E-state index in [1.807, 2.05) is 24.8 Å². The molecule has 2 aliphatic heterocycles. The van der Waals surface area contributed by atoms with Crippen molar-refractivity contribution in [2.45, 2.75) is 0 Å². The van der Waals surface area contributed by atoms with E-state index in [0.29, 0.717) is 0 Å². The predicted molar refractivity (Wildman–Crippen MR) is 173 cm³/mol. The third-order valence-electron chi connectivity index (χ3n) is 8.31. The molecule has 0 N–H and O–H groups in total. The fraction of sp³-hybridized carbons (Fsp3) is 0.0556. The number of aromatic nitrogens is 2. The second-order valence-corrected chi connectivity index (χ2v) is 10.5. The average molecular weight is 545 g/mol. The zero-order valence-corrected chi connectivity index (χ0v) is 23.4. The molecule has 6 heteroatoms. The van der Waals surface area contributed by atoms with Gasteiger partial charge in [-0.3, -0.25) is 9.97 Å². The molecule has 0 aliphatic carbocycles. The standard InChI is InChI=1S/C36H28N6/c1-39-27-11-3-7-15-31(27)41(32-16-8-4-12-28(32)39)35-23-37-21-19-25(35)26-20-22-38-24-36(26)42-33-17-9-5-13-29(33)40(2)30-14-6-10-18-34(30)42/h3-24H,1-2H3. The number of nitrogens with zero attached hydrogens (tertiary/aromatic N) is 6. The van der Waals surface area contributed by atoms with Crippen molar-refractivity contribution in [1.29, 1.82) is 0 Å². The number of pyridine rings is 2. The van der Waals surface area contributed by atoms with E-state index >= 15 is 0 Å². The molecule has 6 nitrogen and oxygen atoms in total. The van der Waals surface area contributed by atoms with Gasteiger partial charge in [0, 0.05) is 37.6 Å². The zero-order valence-electron chi connectivity index (χ0n) is 23.4. The van der Waals surface area contributed by atoms with Gasteiger partial charge in [-0.1, -0.05) is 48.5 Å². The summed E-state index contributed by atoms with van der Waals surface area (Å²) in [6, 6.07) is 38.4. The topological polar surface area (TPSA) is 38.7 Å². The Morgan fingerprint density at radius 3 is 0.952 bits per heavy atom. The van der Waals surface area contributed by atoms with Gasteiger partial charge in [0.15, 0.2) is 0 Å². The van der Waals surface area contributed by atoms with Crippen molar-refractivity contribution in [2.75, 3.05) is 33.7 Å². The fourth-order valence-electron chi connectivity index (χ4n) is 6.37. The maximum Gasteiger partial charge on any atom is 0.0725 e. The van der Waals surface area contributed by atoms with Crippen molar-refractivity contribution >= 4 is 56.9 Å². The Morgan fingerprint density at radius 2 is 0.643 bits per heavy atom. The molecule has 0 radical (unpaired) electrons. The van der Waals surface area contributed by atoms with Gasteiger partial charge >= 0.3 is 0 Å². The molecule has 4 heterocycles. The lowest BCUT2D eigenvalue weighted by Crippen LogP contribution is -2.25. The summed E-state index contributed by atoms with van der Waals surface area (Å²) in [5.41, 5.74) is 13.2. The molecule has 0 saturated heterocycles. The lowest BCUT2D eigenvalue weighted by Gasteiger charge is -2.40. The Kier molecular flexibility index (Phi) is 5.47. The summed E-state index contributed by atoms with van der Waals surface area (Å²) in [5.74, 6) is 0. The summed E-state index contributed by atoms with van der Waals surface area (Å²) in [6.45, 7) is 0. The summed E-state index contributed by atoms with van der Waals surface area (Å²) in [6.07, 6.45) is 7.71. The van der Waals surface area contributed by atoms with Crippen molar-refractivity contribution in [3.8, 4) is 11.1 Å². The van der Waals surface area contributed by atoms with Crippen LogP contribution in [-0.2, 0) is 0 Å². The maximum absolute atomic E-state index is 4.64. The van der Waals surface area contributed by atoms with Crippen molar-refractivity contribution in [1.82, 2.24) is 9.97 Å². The number of para-hydroxylation sites is 8. The molecule has 0 fully saturated rings. The minimum absolute atomic E-state index is 1.01. The number of rotatable bonds is 3. The quantitative estimate of drug-likeness (QED) is 0.221. The van der Waals surface area contributed by atoms with Gasteiger partial charge in [-0.15, -0.1) is 0 Å². The van der Waals surface area contributed by atoms with Crippen molar-refractivity contribution in [2.24, 2.45) is 0 Å². The first-order valence-corrected chi connectivity index (χ1v) is 14.0. The predicted octanol–water partition coefficient (Wildman–Crippen LogP) is 9.25. The number of anilines is 10. The number of hydrogen-bond donors (Lipinski definition) is 0. The third-order valence-corrected chi connectivity index (χ3v) is 8.31. The highest BCUT2D eigenvalue weighted by Gasteiger charge is 2.32. The number of hydrogen-bond acceptors (Lipinski definition) is 6. The molecule has 2 aliphatic rings. The molecule has 202 valence electrons. The molecular formula is C36H28N6. The Balaban J connectivity index is 1.37. The van der Waals surface area contributed by atoms with Gasteiger partial charge < -0.3 is 19.6 Å². The van der Waals surface area contributed by atoms with Gasteiger partial charge in [0.05, 0.1) is 69.3 Å². The second kappa shape index (κ2) is 9.49. The van der Waals surface area contributed by atoms with Gasteiger partial charge in [0.1, 0.15) is 0 Å². The zero-order chi connectivity index (χ0) is 28.2. The summed E-state index contributed by atoms with van der Waals surface area (Å²) < 4.78 is 0. The van der Waals surface area contributed by atoms with E-state index in [1.165, 1.54) is 0 Å². The van der Waals surface area contributed by atoms with Crippen LogP contribution < -0.4 is 19.6 Å². The molecular weight excluding hydrogens is 516 g/mol. The number of fused-ring (bicyclic) bond motifs is 4. The van der Waals surface area contributed by atoms with Crippen LogP contribution >= 0.6 is 0 Å². The molecule has 2 aromatic heterocycles. The van der Waals surface area contributed by atoms with Crippen LogP contribution in [0.5, 0.6) is 0 Å². The molecule has 0 unspecified atom stereocenters. The maximum atomic E-state index is 4.64. The van der Waals surface area contributed by atoms with E-state index in [2.05, 4.69) is 153 Å². The highest BCUT2D eigenvalue weighted by molar-refractivity contribution is 6.04. The van der Waals surface area contributed by atoms with Gasteiger partial charge in [-0.05, 0) is 60.7 Å².